The summed E-state index contributed by atoms with van der Waals surface area (Å²) >= 11 is 5.86. The van der Waals surface area contributed by atoms with E-state index < -0.39 is 9.84 Å². The number of carbonyl (C=O) groups is 1. The van der Waals surface area contributed by atoms with Crippen LogP contribution in [0.15, 0.2) is 48.5 Å². The zero-order valence-corrected chi connectivity index (χ0v) is 15.7. The number of hydrogen-bond donors (Lipinski definition) is 1. The van der Waals surface area contributed by atoms with Crippen LogP contribution in [0.2, 0.25) is 5.02 Å². The molecule has 1 N–H and O–H groups in total. The Morgan fingerprint density at radius 3 is 2.36 bits per heavy atom. The van der Waals surface area contributed by atoms with Crippen LogP contribution in [-0.4, -0.2) is 20.1 Å². The first kappa shape index (κ1) is 19.5. The summed E-state index contributed by atoms with van der Waals surface area (Å²) in [5.41, 5.74) is 2.86. The average Bonchev–Trinajstić information content (AvgIpc) is 2.58. The molecule has 0 saturated heterocycles. The SMILES string of the molecule is CCc1ccc(CNC(=O)CCS(=O)(=O)Cc2cccc(Cl)c2)cc1. The molecule has 0 atom stereocenters. The molecule has 6 heteroatoms. The van der Waals surface area contributed by atoms with Gasteiger partial charge in [-0.15, -0.1) is 0 Å². The molecule has 4 nitrogen and oxygen atoms in total. The molecule has 2 rings (SSSR count). The molecule has 0 radical (unpaired) electrons. The molecular formula is C19H22ClNO3S. The molecule has 1 amide bonds. The lowest BCUT2D eigenvalue weighted by molar-refractivity contribution is -0.120. The van der Waals surface area contributed by atoms with Crippen LogP contribution < -0.4 is 5.32 Å². The molecule has 2 aromatic carbocycles. The fourth-order valence-electron chi connectivity index (χ4n) is 2.38. The topological polar surface area (TPSA) is 63.2 Å². The quantitative estimate of drug-likeness (QED) is 0.763. The monoisotopic (exact) mass is 379 g/mol. The van der Waals surface area contributed by atoms with Crippen LogP contribution in [0, 0.1) is 0 Å². The van der Waals surface area contributed by atoms with Crippen LogP contribution in [0.3, 0.4) is 0 Å². The summed E-state index contributed by atoms with van der Waals surface area (Å²) in [4.78, 5) is 11.9. The van der Waals surface area contributed by atoms with Crippen molar-refractivity contribution in [3.8, 4) is 0 Å². The lowest BCUT2D eigenvalue weighted by Crippen LogP contribution is -2.25. The summed E-state index contributed by atoms with van der Waals surface area (Å²) in [6.07, 6.45) is 0.924. The summed E-state index contributed by atoms with van der Waals surface area (Å²) in [6, 6.07) is 14.7. The van der Waals surface area contributed by atoms with E-state index in [-0.39, 0.29) is 23.8 Å². The van der Waals surface area contributed by atoms with Gasteiger partial charge in [0.05, 0.1) is 11.5 Å². The van der Waals surface area contributed by atoms with Crippen molar-refractivity contribution in [3.63, 3.8) is 0 Å². The third kappa shape index (κ3) is 6.88. The molecule has 0 fully saturated rings. The van der Waals surface area contributed by atoms with Crippen LogP contribution in [0.4, 0.5) is 0 Å². The Labute approximate surface area is 154 Å². The highest BCUT2D eigenvalue weighted by Gasteiger charge is 2.14. The number of aryl methyl sites for hydroxylation is 1. The molecule has 0 unspecified atom stereocenters. The fraction of sp³-hybridized carbons (Fsp3) is 0.316. The Morgan fingerprint density at radius 1 is 1.04 bits per heavy atom. The third-order valence-electron chi connectivity index (χ3n) is 3.84. The third-order valence-corrected chi connectivity index (χ3v) is 5.67. The van der Waals surface area contributed by atoms with Gasteiger partial charge in [0, 0.05) is 18.0 Å². The van der Waals surface area contributed by atoms with Crippen LogP contribution in [0.1, 0.15) is 30.0 Å². The zero-order valence-electron chi connectivity index (χ0n) is 14.2. The van der Waals surface area contributed by atoms with Crippen molar-refractivity contribution >= 4 is 27.3 Å². The van der Waals surface area contributed by atoms with Gasteiger partial charge in [-0.05, 0) is 35.2 Å². The Bertz CT molecular complexity index is 817. The molecule has 25 heavy (non-hydrogen) atoms. The van der Waals surface area contributed by atoms with Crippen LogP contribution in [0.25, 0.3) is 0 Å². The maximum absolute atomic E-state index is 12.1. The standard InChI is InChI=1S/C19H22ClNO3S/c1-2-15-6-8-16(9-7-15)13-21-19(22)10-11-25(23,24)14-17-4-3-5-18(20)12-17/h3-9,12H,2,10-11,13-14H2,1H3,(H,21,22). The van der Waals surface area contributed by atoms with E-state index in [2.05, 4.69) is 12.2 Å². The van der Waals surface area contributed by atoms with E-state index >= 15 is 0 Å². The summed E-state index contributed by atoms with van der Waals surface area (Å²) in [5, 5.41) is 3.26. The number of nitrogens with one attached hydrogen (secondary N) is 1. The lowest BCUT2D eigenvalue weighted by atomic mass is 10.1. The maximum atomic E-state index is 12.1. The van der Waals surface area contributed by atoms with E-state index in [4.69, 9.17) is 11.6 Å². The molecule has 0 aliphatic heterocycles. The largest absolute Gasteiger partial charge is 0.352 e. The van der Waals surface area contributed by atoms with Crippen molar-refractivity contribution in [1.82, 2.24) is 5.32 Å². The molecule has 2 aromatic rings. The second-order valence-corrected chi connectivity index (χ2v) is 8.54. The van der Waals surface area contributed by atoms with E-state index in [1.807, 2.05) is 24.3 Å². The Hall–Kier alpha value is -1.85. The molecule has 0 heterocycles. The predicted octanol–water partition coefficient (Wildman–Crippen LogP) is 3.52. The molecule has 0 aromatic heterocycles. The van der Waals surface area contributed by atoms with E-state index in [9.17, 15) is 13.2 Å². The van der Waals surface area contributed by atoms with E-state index in [1.54, 1.807) is 24.3 Å². The molecule has 0 aliphatic carbocycles. The van der Waals surface area contributed by atoms with Gasteiger partial charge in [0.25, 0.3) is 0 Å². The van der Waals surface area contributed by atoms with Crippen LogP contribution >= 0.6 is 11.6 Å². The second-order valence-electron chi connectivity index (χ2n) is 5.92. The van der Waals surface area contributed by atoms with E-state index in [0.29, 0.717) is 17.1 Å². The summed E-state index contributed by atoms with van der Waals surface area (Å²) in [5.74, 6) is -0.561. The van der Waals surface area contributed by atoms with Gasteiger partial charge >= 0.3 is 0 Å². The van der Waals surface area contributed by atoms with Gasteiger partial charge in [0.1, 0.15) is 0 Å². The van der Waals surface area contributed by atoms with Crippen molar-refractivity contribution in [1.29, 1.82) is 0 Å². The molecule has 134 valence electrons. The molecule has 0 aliphatic rings. The Morgan fingerprint density at radius 2 is 1.72 bits per heavy atom. The molecule has 0 spiro atoms. The molecule has 0 saturated carbocycles. The minimum atomic E-state index is -3.36. The Balaban J connectivity index is 1.79. The number of sulfone groups is 1. The summed E-state index contributed by atoms with van der Waals surface area (Å²) in [6.45, 7) is 2.48. The Kier molecular flexibility index (Phi) is 7.02. The van der Waals surface area contributed by atoms with Crippen molar-refractivity contribution in [2.75, 3.05) is 5.75 Å². The van der Waals surface area contributed by atoms with E-state index in [0.717, 1.165) is 12.0 Å². The first-order valence-electron chi connectivity index (χ1n) is 8.17. The van der Waals surface area contributed by atoms with Crippen molar-refractivity contribution in [2.24, 2.45) is 0 Å². The van der Waals surface area contributed by atoms with Crippen LogP contribution in [0.5, 0.6) is 0 Å². The van der Waals surface area contributed by atoms with Gasteiger partial charge < -0.3 is 5.32 Å². The van der Waals surface area contributed by atoms with Crippen LogP contribution in [-0.2, 0) is 33.4 Å². The summed E-state index contributed by atoms with van der Waals surface area (Å²) < 4.78 is 24.3. The number of halogens is 1. The van der Waals surface area contributed by atoms with Crippen molar-refractivity contribution < 1.29 is 13.2 Å². The number of benzene rings is 2. The number of carbonyl (C=O) groups excluding carboxylic acids is 1. The number of amides is 1. The second kappa shape index (κ2) is 9.02. The number of hydrogen-bond acceptors (Lipinski definition) is 3. The highest BCUT2D eigenvalue weighted by atomic mass is 35.5. The fourth-order valence-corrected chi connectivity index (χ4v) is 3.92. The number of rotatable bonds is 8. The van der Waals surface area contributed by atoms with E-state index in [1.165, 1.54) is 5.56 Å². The normalized spacial score (nSPS) is 11.3. The van der Waals surface area contributed by atoms with Gasteiger partial charge in [0.15, 0.2) is 9.84 Å². The first-order valence-corrected chi connectivity index (χ1v) is 10.4. The molecular weight excluding hydrogens is 358 g/mol. The smallest absolute Gasteiger partial charge is 0.221 e. The lowest BCUT2D eigenvalue weighted by Gasteiger charge is -2.07. The predicted molar refractivity (Wildman–Crippen MR) is 101 cm³/mol. The van der Waals surface area contributed by atoms with Gasteiger partial charge in [-0.3, -0.25) is 4.79 Å². The average molecular weight is 380 g/mol. The van der Waals surface area contributed by atoms with Gasteiger partial charge in [-0.2, -0.15) is 0 Å². The maximum Gasteiger partial charge on any atom is 0.221 e. The van der Waals surface area contributed by atoms with Gasteiger partial charge in [0.2, 0.25) is 5.91 Å². The zero-order chi connectivity index (χ0) is 18.3. The van der Waals surface area contributed by atoms with Gasteiger partial charge in [-0.25, -0.2) is 8.42 Å². The molecule has 0 bridgehead atoms. The highest BCUT2D eigenvalue weighted by Crippen LogP contribution is 2.14. The minimum absolute atomic E-state index is 0.0457. The summed E-state index contributed by atoms with van der Waals surface area (Å²) in [7, 11) is -3.36. The first-order chi connectivity index (χ1) is 11.9. The minimum Gasteiger partial charge on any atom is -0.352 e. The van der Waals surface area contributed by atoms with Crippen molar-refractivity contribution in [3.05, 3.63) is 70.2 Å². The highest BCUT2D eigenvalue weighted by molar-refractivity contribution is 7.90. The van der Waals surface area contributed by atoms with Crippen molar-refractivity contribution in [2.45, 2.75) is 32.1 Å². The van der Waals surface area contributed by atoms with Gasteiger partial charge in [-0.1, -0.05) is 54.9 Å².